The van der Waals surface area contributed by atoms with Crippen LogP contribution >= 0.6 is 0 Å². The van der Waals surface area contributed by atoms with E-state index in [0.717, 1.165) is 4.31 Å². The van der Waals surface area contributed by atoms with Crippen molar-refractivity contribution in [1.29, 1.82) is 0 Å². The first-order valence-electron chi connectivity index (χ1n) is 5.76. The number of nitrogens with zero attached hydrogens (tertiary/aromatic N) is 1. The van der Waals surface area contributed by atoms with Crippen LogP contribution in [0.2, 0.25) is 0 Å². The Morgan fingerprint density at radius 3 is 2.63 bits per heavy atom. The number of rotatable bonds is 6. The van der Waals surface area contributed by atoms with Crippen molar-refractivity contribution in [2.45, 2.75) is 6.42 Å². The van der Waals surface area contributed by atoms with Crippen LogP contribution in [0.3, 0.4) is 0 Å². The maximum atomic E-state index is 11.6. The van der Waals surface area contributed by atoms with Crippen molar-refractivity contribution in [2.75, 3.05) is 26.4 Å². The van der Waals surface area contributed by atoms with Crippen molar-refractivity contribution in [3.63, 3.8) is 0 Å². The Morgan fingerprint density at radius 2 is 2.05 bits per heavy atom. The summed E-state index contributed by atoms with van der Waals surface area (Å²) in [6.07, 6.45) is 0.108. The van der Waals surface area contributed by atoms with Crippen molar-refractivity contribution in [3.8, 4) is 5.75 Å². The molecule has 0 saturated carbocycles. The zero-order chi connectivity index (χ0) is 14.5. The number of carbonyl (C=O) groups excluding carboxylic acids is 1. The summed E-state index contributed by atoms with van der Waals surface area (Å²) in [5.41, 5.74) is 0.674. The number of phenols is 1. The van der Waals surface area contributed by atoms with Crippen LogP contribution in [-0.4, -0.2) is 50.1 Å². The van der Waals surface area contributed by atoms with Gasteiger partial charge in [-0.15, -0.1) is 0 Å². The van der Waals surface area contributed by atoms with Gasteiger partial charge in [0.2, 0.25) is 15.9 Å². The number of hydrogen-bond acceptors (Lipinski definition) is 4. The van der Waals surface area contributed by atoms with Gasteiger partial charge < -0.3 is 10.4 Å². The second-order valence-electron chi connectivity index (χ2n) is 4.30. The van der Waals surface area contributed by atoms with Gasteiger partial charge in [-0.25, -0.2) is 12.7 Å². The third-order valence-electron chi connectivity index (χ3n) is 2.51. The first-order valence-corrected chi connectivity index (χ1v) is 7.37. The summed E-state index contributed by atoms with van der Waals surface area (Å²) in [6, 6.07) is 6.38. The number of nitrogens with one attached hydrogen (secondary N) is 1. The number of amides is 1. The average Bonchev–Trinajstić information content (AvgIpc) is 2.28. The summed E-state index contributed by atoms with van der Waals surface area (Å²) in [5, 5.41) is 11.8. The largest absolute Gasteiger partial charge is 0.508 e. The number of hydrogen-bond donors (Lipinski definition) is 2. The van der Waals surface area contributed by atoms with Gasteiger partial charge in [-0.1, -0.05) is 12.1 Å². The number of sulfonamides is 1. The van der Waals surface area contributed by atoms with Gasteiger partial charge in [0.15, 0.2) is 0 Å². The lowest BCUT2D eigenvalue weighted by Crippen LogP contribution is -2.34. The van der Waals surface area contributed by atoms with Crippen molar-refractivity contribution < 1.29 is 18.3 Å². The SMILES string of the molecule is CN(C)S(=O)(=O)CCNC(=O)Cc1cccc(O)c1. The number of benzene rings is 1. The van der Waals surface area contributed by atoms with Gasteiger partial charge in [-0.05, 0) is 17.7 Å². The number of carbonyl (C=O) groups is 1. The summed E-state index contributed by atoms with van der Waals surface area (Å²) >= 11 is 0. The van der Waals surface area contributed by atoms with E-state index in [0.29, 0.717) is 5.56 Å². The van der Waals surface area contributed by atoms with E-state index in [1.54, 1.807) is 12.1 Å². The van der Waals surface area contributed by atoms with Crippen molar-refractivity contribution in [3.05, 3.63) is 29.8 Å². The summed E-state index contributed by atoms with van der Waals surface area (Å²) in [6.45, 7) is 0.0676. The quantitative estimate of drug-likeness (QED) is 0.767. The number of phenolic OH excluding ortho intramolecular Hbond substituents is 1. The molecule has 1 rings (SSSR count). The van der Waals surface area contributed by atoms with Gasteiger partial charge in [0.25, 0.3) is 0 Å². The minimum atomic E-state index is -3.29. The monoisotopic (exact) mass is 286 g/mol. The Kier molecular flexibility index (Phi) is 5.31. The lowest BCUT2D eigenvalue weighted by atomic mass is 10.1. The third kappa shape index (κ3) is 5.27. The van der Waals surface area contributed by atoms with Crippen LogP contribution in [0.15, 0.2) is 24.3 Å². The van der Waals surface area contributed by atoms with Gasteiger partial charge in [0.1, 0.15) is 5.75 Å². The minimum absolute atomic E-state index is 0.0676. The molecule has 0 spiro atoms. The highest BCUT2D eigenvalue weighted by atomic mass is 32.2. The van der Waals surface area contributed by atoms with Crippen LogP contribution in [0, 0.1) is 0 Å². The Morgan fingerprint density at radius 1 is 1.37 bits per heavy atom. The third-order valence-corrected chi connectivity index (χ3v) is 4.35. The molecule has 0 heterocycles. The van der Waals surface area contributed by atoms with E-state index in [-0.39, 0.29) is 30.4 Å². The molecule has 1 aromatic rings. The highest BCUT2D eigenvalue weighted by Crippen LogP contribution is 2.11. The van der Waals surface area contributed by atoms with Gasteiger partial charge >= 0.3 is 0 Å². The molecule has 0 bridgehead atoms. The van der Waals surface area contributed by atoms with E-state index in [4.69, 9.17) is 0 Å². The Bertz CT molecular complexity index is 540. The highest BCUT2D eigenvalue weighted by Gasteiger charge is 2.13. The molecule has 7 heteroatoms. The van der Waals surface area contributed by atoms with Crippen molar-refractivity contribution in [1.82, 2.24) is 9.62 Å². The second-order valence-corrected chi connectivity index (χ2v) is 6.60. The normalized spacial score (nSPS) is 11.5. The van der Waals surface area contributed by atoms with E-state index in [2.05, 4.69) is 5.32 Å². The van der Waals surface area contributed by atoms with Gasteiger partial charge in [-0.3, -0.25) is 4.79 Å². The molecule has 6 nitrogen and oxygen atoms in total. The first-order chi connectivity index (χ1) is 8.81. The fraction of sp³-hybridized carbons (Fsp3) is 0.417. The summed E-state index contributed by atoms with van der Waals surface area (Å²) in [4.78, 5) is 11.6. The summed E-state index contributed by atoms with van der Waals surface area (Å²) in [7, 11) is -0.398. The highest BCUT2D eigenvalue weighted by molar-refractivity contribution is 7.89. The molecule has 2 N–H and O–H groups in total. The zero-order valence-corrected chi connectivity index (χ0v) is 11.8. The Hall–Kier alpha value is -1.60. The molecule has 0 aliphatic heterocycles. The Labute approximate surface area is 113 Å². The van der Waals surface area contributed by atoms with Gasteiger partial charge in [-0.2, -0.15) is 0 Å². The second kappa shape index (κ2) is 6.53. The smallest absolute Gasteiger partial charge is 0.224 e. The fourth-order valence-electron chi connectivity index (χ4n) is 1.42. The predicted octanol–water partition coefficient (Wildman–Crippen LogP) is -0.0577. The van der Waals surface area contributed by atoms with Crippen molar-refractivity contribution in [2.24, 2.45) is 0 Å². The molecule has 0 unspecified atom stereocenters. The molecule has 1 amide bonds. The summed E-state index contributed by atoms with van der Waals surface area (Å²) in [5.74, 6) is -0.314. The molecule has 19 heavy (non-hydrogen) atoms. The molecule has 0 aromatic heterocycles. The molecule has 0 atom stereocenters. The van der Waals surface area contributed by atoms with Crippen LogP contribution in [0.1, 0.15) is 5.56 Å². The Balaban J connectivity index is 2.41. The molecule has 0 aliphatic carbocycles. The minimum Gasteiger partial charge on any atom is -0.508 e. The number of aromatic hydroxyl groups is 1. The first kappa shape index (κ1) is 15.5. The van der Waals surface area contributed by atoms with E-state index in [9.17, 15) is 18.3 Å². The van der Waals surface area contributed by atoms with Crippen LogP contribution in [0.4, 0.5) is 0 Å². The molecule has 106 valence electrons. The van der Waals surface area contributed by atoms with E-state index in [1.165, 1.54) is 26.2 Å². The maximum Gasteiger partial charge on any atom is 0.224 e. The van der Waals surface area contributed by atoms with E-state index < -0.39 is 10.0 Å². The predicted molar refractivity (Wildman–Crippen MR) is 72.3 cm³/mol. The van der Waals surface area contributed by atoms with Gasteiger partial charge in [0.05, 0.1) is 12.2 Å². The molecule has 0 fully saturated rings. The molecule has 0 radical (unpaired) electrons. The fourth-order valence-corrected chi connectivity index (χ4v) is 2.14. The lowest BCUT2D eigenvalue weighted by Gasteiger charge is -2.11. The van der Waals surface area contributed by atoms with Crippen LogP contribution in [-0.2, 0) is 21.2 Å². The van der Waals surface area contributed by atoms with E-state index >= 15 is 0 Å². The summed E-state index contributed by atoms with van der Waals surface area (Å²) < 4.78 is 24.0. The topological polar surface area (TPSA) is 86.7 Å². The van der Waals surface area contributed by atoms with Crippen LogP contribution < -0.4 is 5.32 Å². The van der Waals surface area contributed by atoms with Crippen LogP contribution in [0.5, 0.6) is 5.75 Å². The zero-order valence-electron chi connectivity index (χ0n) is 11.0. The van der Waals surface area contributed by atoms with Gasteiger partial charge in [0, 0.05) is 20.6 Å². The average molecular weight is 286 g/mol. The molecule has 0 aliphatic rings. The molecular formula is C12H18N2O4S. The van der Waals surface area contributed by atoms with Crippen LogP contribution in [0.25, 0.3) is 0 Å². The maximum absolute atomic E-state index is 11.6. The molecular weight excluding hydrogens is 268 g/mol. The molecule has 1 aromatic carbocycles. The molecule has 0 saturated heterocycles. The van der Waals surface area contributed by atoms with E-state index in [1.807, 2.05) is 0 Å². The standard InChI is InChI=1S/C12H18N2O4S/c1-14(2)19(17,18)7-6-13-12(16)9-10-4-3-5-11(15)8-10/h3-5,8,15H,6-7,9H2,1-2H3,(H,13,16). The lowest BCUT2D eigenvalue weighted by molar-refractivity contribution is -0.120. The van der Waals surface area contributed by atoms with Crippen molar-refractivity contribution >= 4 is 15.9 Å².